The van der Waals surface area contributed by atoms with Crippen LogP contribution < -0.4 is 0 Å². The van der Waals surface area contributed by atoms with Crippen molar-refractivity contribution in [2.24, 2.45) is 5.92 Å². The molecule has 0 N–H and O–H groups in total. The zero-order valence-corrected chi connectivity index (χ0v) is 12.8. The highest BCUT2D eigenvalue weighted by molar-refractivity contribution is 8.14. The SMILES string of the molecule is CCC(C)C(=O)SC1CCCC=C1C1=CC=CCC1. The lowest BCUT2D eigenvalue weighted by Crippen LogP contribution is -2.18. The molecule has 2 aliphatic carbocycles. The van der Waals surface area contributed by atoms with Crippen LogP contribution in [0.5, 0.6) is 0 Å². The first-order valence-electron chi connectivity index (χ1n) is 7.49. The Morgan fingerprint density at radius 1 is 1.47 bits per heavy atom. The molecule has 0 spiro atoms. The molecule has 0 radical (unpaired) electrons. The van der Waals surface area contributed by atoms with Gasteiger partial charge in [0.25, 0.3) is 0 Å². The second-order valence-corrected chi connectivity index (χ2v) is 6.69. The number of allylic oxidation sites excluding steroid dienone is 5. The fourth-order valence-corrected chi connectivity index (χ4v) is 3.91. The van der Waals surface area contributed by atoms with Crippen molar-refractivity contribution in [3.8, 4) is 0 Å². The van der Waals surface area contributed by atoms with Gasteiger partial charge in [0.2, 0.25) is 0 Å². The van der Waals surface area contributed by atoms with E-state index in [1.54, 1.807) is 11.8 Å². The third kappa shape index (κ3) is 3.85. The molecule has 0 heterocycles. The molecule has 0 fully saturated rings. The van der Waals surface area contributed by atoms with E-state index in [9.17, 15) is 4.79 Å². The quantitative estimate of drug-likeness (QED) is 0.715. The Morgan fingerprint density at radius 2 is 2.32 bits per heavy atom. The lowest BCUT2D eigenvalue weighted by atomic mass is 9.89. The maximum Gasteiger partial charge on any atom is 0.192 e. The van der Waals surface area contributed by atoms with Crippen molar-refractivity contribution in [3.05, 3.63) is 35.5 Å². The molecule has 2 unspecified atom stereocenters. The van der Waals surface area contributed by atoms with Crippen LogP contribution in [0.4, 0.5) is 0 Å². The minimum absolute atomic E-state index is 0.188. The fraction of sp³-hybridized carbons (Fsp3) is 0.588. The van der Waals surface area contributed by atoms with E-state index in [0.717, 1.165) is 25.7 Å². The molecular formula is C17H24OS. The number of rotatable bonds is 4. The van der Waals surface area contributed by atoms with Crippen LogP contribution in [-0.4, -0.2) is 10.4 Å². The number of carbonyl (C=O) groups excluding carboxylic acids is 1. The monoisotopic (exact) mass is 276 g/mol. The summed E-state index contributed by atoms with van der Waals surface area (Å²) in [5.74, 6) is 0.188. The van der Waals surface area contributed by atoms with Crippen molar-refractivity contribution < 1.29 is 4.79 Å². The smallest absolute Gasteiger partial charge is 0.192 e. The molecule has 0 aromatic heterocycles. The molecule has 2 heteroatoms. The van der Waals surface area contributed by atoms with Gasteiger partial charge in [-0.3, -0.25) is 4.79 Å². The summed E-state index contributed by atoms with van der Waals surface area (Å²) in [4.78, 5) is 12.2. The molecule has 2 rings (SSSR count). The first-order valence-corrected chi connectivity index (χ1v) is 8.37. The average Bonchev–Trinajstić information content (AvgIpc) is 2.47. The third-order valence-electron chi connectivity index (χ3n) is 4.04. The van der Waals surface area contributed by atoms with Gasteiger partial charge < -0.3 is 0 Å². The van der Waals surface area contributed by atoms with Gasteiger partial charge in [-0.15, -0.1) is 0 Å². The molecule has 0 amide bonds. The number of thioether (sulfide) groups is 1. The zero-order valence-electron chi connectivity index (χ0n) is 12.0. The Bertz CT molecular complexity index is 417. The fourth-order valence-electron chi connectivity index (χ4n) is 2.57. The van der Waals surface area contributed by atoms with Gasteiger partial charge in [-0.2, -0.15) is 0 Å². The number of hydrogen-bond donors (Lipinski definition) is 0. The van der Waals surface area contributed by atoms with Gasteiger partial charge in [-0.05, 0) is 49.7 Å². The van der Waals surface area contributed by atoms with E-state index in [1.165, 1.54) is 24.0 Å². The van der Waals surface area contributed by atoms with Gasteiger partial charge in [-0.1, -0.05) is 49.9 Å². The van der Waals surface area contributed by atoms with E-state index in [0.29, 0.717) is 10.4 Å². The summed E-state index contributed by atoms with van der Waals surface area (Å²) in [6.45, 7) is 4.14. The molecule has 2 atom stereocenters. The minimum atomic E-state index is 0.188. The molecule has 19 heavy (non-hydrogen) atoms. The molecule has 0 bridgehead atoms. The van der Waals surface area contributed by atoms with Crippen molar-refractivity contribution in [3.63, 3.8) is 0 Å². The highest BCUT2D eigenvalue weighted by atomic mass is 32.2. The highest BCUT2D eigenvalue weighted by Crippen LogP contribution is 2.37. The van der Waals surface area contributed by atoms with E-state index in [4.69, 9.17) is 0 Å². The van der Waals surface area contributed by atoms with Gasteiger partial charge in [0.05, 0.1) is 0 Å². The third-order valence-corrected chi connectivity index (χ3v) is 5.45. The molecule has 0 saturated carbocycles. The summed E-state index contributed by atoms with van der Waals surface area (Å²) in [6.07, 6.45) is 15.8. The van der Waals surface area contributed by atoms with E-state index >= 15 is 0 Å². The Morgan fingerprint density at radius 3 is 3.00 bits per heavy atom. The molecular weight excluding hydrogens is 252 g/mol. The summed E-state index contributed by atoms with van der Waals surface area (Å²) in [6, 6.07) is 0. The molecule has 104 valence electrons. The summed E-state index contributed by atoms with van der Waals surface area (Å²) in [7, 11) is 0. The van der Waals surface area contributed by atoms with Crippen LogP contribution in [0.1, 0.15) is 52.4 Å². The Kier molecular flexibility index (Phi) is 5.50. The zero-order chi connectivity index (χ0) is 13.7. The summed E-state index contributed by atoms with van der Waals surface area (Å²) in [5.41, 5.74) is 2.90. The number of carbonyl (C=O) groups is 1. The van der Waals surface area contributed by atoms with Crippen LogP contribution >= 0.6 is 11.8 Å². The van der Waals surface area contributed by atoms with E-state index in [2.05, 4.69) is 31.2 Å². The second kappa shape index (κ2) is 7.14. The standard InChI is InChI=1S/C17H24OS/c1-3-13(2)17(18)19-16-12-8-7-11-15(16)14-9-5-4-6-10-14/h4-5,9,11,13,16H,3,6-8,10,12H2,1-2H3. The minimum Gasteiger partial charge on any atom is -0.287 e. The first kappa shape index (κ1) is 14.6. The van der Waals surface area contributed by atoms with Gasteiger partial charge in [0.1, 0.15) is 0 Å². The van der Waals surface area contributed by atoms with Crippen molar-refractivity contribution in [1.29, 1.82) is 0 Å². The molecule has 2 aliphatic rings. The summed E-state index contributed by atoms with van der Waals surface area (Å²) in [5, 5.41) is 0.764. The Labute approximate surface area is 121 Å². The predicted octanol–water partition coefficient (Wildman–Crippen LogP) is 5.05. The van der Waals surface area contributed by atoms with Crippen LogP contribution in [0.15, 0.2) is 35.5 Å². The Balaban J connectivity index is 2.08. The molecule has 0 aromatic rings. The van der Waals surface area contributed by atoms with E-state index in [-0.39, 0.29) is 5.92 Å². The first-order chi connectivity index (χ1) is 9.22. The van der Waals surface area contributed by atoms with E-state index < -0.39 is 0 Å². The number of hydrogen-bond acceptors (Lipinski definition) is 2. The maximum absolute atomic E-state index is 12.2. The lowest BCUT2D eigenvalue weighted by Gasteiger charge is -2.26. The van der Waals surface area contributed by atoms with Crippen molar-refractivity contribution in [2.75, 3.05) is 0 Å². The second-order valence-electron chi connectivity index (χ2n) is 5.48. The average molecular weight is 276 g/mol. The van der Waals surface area contributed by atoms with Crippen LogP contribution in [0, 0.1) is 5.92 Å². The Hall–Kier alpha value is -0.760. The predicted molar refractivity (Wildman–Crippen MR) is 84.2 cm³/mol. The summed E-state index contributed by atoms with van der Waals surface area (Å²) >= 11 is 1.58. The molecule has 0 aliphatic heterocycles. The van der Waals surface area contributed by atoms with Crippen molar-refractivity contribution >= 4 is 16.9 Å². The molecule has 0 saturated heterocycles. The normalized spacial score (nSPS) is 24.6. The molecule has 1 nitrogen and oxygen atoms in total. The van der Waals surface area contributed by atoms with Crippen LogP contribution in [-0.2, 0) is 4.79 Å². The molecule has 0 aromatic carbocycles. The topological polar surface area (TPSA) is 17.1 Å². The highest BCUT2D eigenvalue weighted by Gasteiger charge is 2.25. The van der Waals surface area contributed by atoms with Gasteiger partial charge in [0, 0.05) is 11.2 Å². The van der Waals surface area contributed by atoms with E-state index in [1.807, 2.05) is 6.92 Å². The van der Waals surface area contributed by atoms with Crippen LogP contribution in [0.3, 0.4) is 0 Å². The van der Waals surface area contributed by atoms with Gasteiger partial charge in [-0.25, -0.2) is 0 Å². The van der Waals surface area contributed by atoms with Crippen molar-refractivity contribution in [1.82, 2.24) is 0 Å². The van der Waals surface area contributed by atoms with Crippen LogP contribution in [0.2, 0.25) is 0 Å². The van der Waals surface area contributed by atoms with Gasteiger partial charge in [0.15, 0.2) is 5.12 Å². The maximum atomic E-state index is 12.2. The van der Waals surface area contributed by atoms with Crippen LogP contribution in [0.25, 0.3) is 0 Å². The lowest BCUT2D eigenvalue weighted by molar-refractivity contribution is -0.114. The van der Waals surface area contributed by atoms with Crippen molar-refractivity contribution in [2.45, 2.75) is 57.6 Å². The largest absolute Gasteiger partial charge is 0.287 e. The van der Waals surface area contributed by atoms with Gasteiger partial charge >= 0.3 is 0 Å². The summed E-state index contributed by atoms with van der Waals surface area (Å²) < 4.78 is 0.